The SMILES string of the molecule is C=CCCN(C(=O)c1cc(C)ccc1[CH2-])C(C)(C)c1ccccc1.[Li+]. The summed E-state index contributed by atoms with van der Waals surface area (Å²) < 4.78 is 0. The molecule has 3 heteroatoms. The summed E-state index contributed by atoms with van der Waals surface area (Å²) in [6, 6.07) is 15.9. The first-order chi connectivity index (χ1) is 11.4. The summed E-state index contributed by atoms with van der Waals surface area (Å²) in [4.78, 5) is 15.2. The first kappa shape index (κ1) is 21.2. The van der Waals surface area contributed by atoms with Crippen LogP contribution in [0.3, 0.4) is 0 Å². The van der Waals surface area contributed by atoms with Crippen molar-refractivity contribution >= 4 is 5.91 Å². The third kappa shape index (κ3) is 4.81. The van der Waals surface area contributed by atoms with Crippen molar-refractivity contribution in [3.05, 3.63) is 90.4 Å². The second-order valence-electron chi connectivity index (χ2n) is 6.62. The maximum atomic E-state index is 13.3. The predicted octanol–water partition coefficient (Wildman–Crippen LogP) is 2.13. The van der Waals surface area contributed by atoms with Gasteiger partial charge >= 0.3 is 18.9 Å². The molecule has 0 radical (unpaired) electrons. The van der Waals surface area contributed by atoms with Crippen LogP contribution in [0.1, 0.15) is 47.3 Å². The molecule has 0 N–H and O–H groups in total. The number of carbonyl (C=O) groups excluding carboxylic acids is 1. The van der Waals surface area contributed by atoms with E-state index in [1.807, 2.05) is 54.3 Å². The molecule has 0 aliphatic carbocycles. The largest absolute Gasteiger partial charge is 1.00 e. The summed E-state index contributed by atoms with van der Waals surface area (Å²) in [6.07, 6.45) is 2.60. The Balaban J connectivity index is 0.00000312. The normalized spacial score (nSPS) is 10.7. The third-order valence-electron chi connectivity index (χ3n) is 4.45. The van der Waals surface area contributed by atoms with Crippen LogP contribution >= 0.6 is 0 Å². The fourth-order valence-electron chi connectivity index (χ4n) is 2.89. The van der Waals surface area contributed by atoms with Gasteiger partial charge in [-0.1, -0.05) is 47.5 Å². The molecule has 1 amide bonds. The van der Waals surface area contributed by atoms with Crippen LogP contribution in [0, 0.1) is 13.8 Å². The molecule has 2 aromatic rings. The fourth-order valence-corrected chi connectivity index (χ4v) is 2.89. The minimum Gasteiger partial charge on any atom is -0.339 e. The van der Waals surface area contributed by atoms with Crippen molar-refractivity contribution in [3.8, 4) is 0 Å². The molecule has 2 rings (SSSR count). The van der Waals surface area contributed by atoms with Gasteiger partial charge < -0.3 is 4.90 Å². The summed E-state index contributed by atoms with van der Waals surface area (Å²) in [7, 11) is 0. The second kappa shape index (κ2) is 8.99. The number of nitrogens with zero attached hydrogens (tertiary/aromatic N) is 1. The zero-order chi connectivity index (χ0) is 17.7. The monoisotopic (exact) mass is 327 g/mol. The first-order valence-corrected chi connectivity index (χ1v) is 8.29. The molecule has 2 aromatic carbocycles. The number of rotatable bonds is 6. The maximum absolute atomic E-state index is 13.3. The van der Waals surface area contributed by atoms with E-state index in [0.29, 0.717) is 12.1 Å². The topological polar surface area (TPSA) is 20.3 Å². The van der Waals surface area contributed by atoms with Gasteiger partial charge in [-0.15, -0.1) is 18.7 Å². The number of amides is 1. The van der Waals surface area contributed by atoms with E-state index in [2.05, 4.69) is 39.5 Å². The minimum absolute atomic E-state index is 0. The number of benzene rings is 2. The Morgan fingerprint density at radius 3 is 2.44 bits per heavy atom. The van der Waals surface area contributed by atoms with Gasteiger partial charge in [0.25, 0.3) is 0 Å². The molecule has 0 aliphatic rings. The Morgan fingerprint density at radius 1 is 1.20 bits per heavy atom. The van der Waals surface area contributed by atoms with Crippen LogP contribution in [-0.4, -0.2) is 17.4 Å². The Kier molecular flexibility index (Phi) is 7.61. The molecule has 0 unspecified atom stereocenters. The summed E-state index contributed by atoms with van der Waals surface area (Å²) in [6.45, 7) is 14.6. The molecule has 0 atom stereocenters. The fraction of sp³-hybridized carbons (Fsp3) is 0.273. The van der Waals surface area contributed by atoms with Gasteiger partial charge in [0.15, 0.2) is 5.91 Å². The van der Waals surface area contributed by atoms with Crippen LogP contribution in [0.2, 0.25) is 0 Å². The number of hydrogen-bond donors (Lipinski definition) is 0. The van der Waals surface area contributed by atoms with E-state index in [0.717, 1.165) is 23.1 Å². The van der Waals surface area contributed by atoms with Crippen molar-refractivity contribution in [2.75, 3.05) is 6.54 Å². The smallest absolute Gasteiger partial charge is 0.339 e. The summed E-state index contributed by atoms with van der Waals surface area (Å²) in [5, 5.41) is 0. The van der Waals surface area contributed by atoms with E-state index in [1.165, 1.54) is 0 Å². The molecule has 0 aromatic heterocycles. The molecule has 0 bridgehead atoms. The molecule has 25 heavy (non-hydrogen) atoms. The van der Waals surface area contributed by atoms with Gasteiger partial charge in [-0.3, -0.25) is 4.79 Å². The van der Waals surface area contributed by atoms with Gasteiger partial charge in [-0.05, 0) is 32.8 Å². The van der Waals surface area contributed by atoms with Crippen LogP contribution < -0.4 is 18.9 Å². The average molecular weight is 327 g/mol. The van der Waals surface area contributed by atoms with E-state index in [9.17, 15) is 4.79 Å². The molecule has 0 aliphatic heterocycles. The average Bonchev–Trinajstić information content (AvgIpc) is 2.57. The first-order valence-electron chi connectivity index (χ1n) is 8.29. The molecule has 0 heterocycles. The molecule has 0 saturated carbocycles. The molecular formula is C22H26LiNO. The van der Waals surface area contributed by atoms with Gasteiger partial charge in [0.05, 0.1) is 5.54 Å². The van der Waals surface area contributed by atoms with E-state index in [1.54, 1.807) is 0 Å². The van der Waals surface area contributed by atoms with Crippen LogP contribution in [0.4, 0.5) is 0 Å². The second-order valence-corrected chi connectivity index (χ2v) is 6.62. The van der Waals surface area contributed by atoms with Crippen molar-refractivity contribution in [3.63, 3.8) is 0 Å². The Morgan fingerprint density at radius 2 is 1.84 bits per heavy atom. The zero-order valence-corrected chi connectivity index (χ0v) is 15.9. The molecular weight excluding hydrogens is 301 g/mol. The maximum Gasteiger partial charge on any atom is 1.00 e. The quantitative estimate of drug-likeness (QED) is 0.452. The van der Waals surface area contributed by atoms with Crippen molar-refractivity contribution in [2.45, 2.75) is 32.7 Å². The van der Waals surface area contributed by atoms with E-state index < -0.39 is 5.54 Å². The van der Waals surface area contributed by atoms with Crippen LogP contribution in [0.15, 0.2) is 61.2 Å². The third-order valence-corrected chi connectivity index (χ3v) is 4.45. The Bertz CT molecular complexity index is 722. The number of aryl methyl sites for hydroxylation is 1. The van der Waals surface area contributed by atoms with Crippen molar-refractivity contribution in [1.82, 2.24) is 4.90 Å². The van der Waals surface area contributed by atoms with Crippen molar-refractivity contribution in [2.24, 2.45) is 0 Å². The van der Waals surface area contributed by atoms with Gasteiger partial charge in [-0.25, -0.2) is 0 Å². The minimum atomic E-state index is -0.419. The number of carbonyl (C=O) groups is 1. The summed E-state index contributed by atoms with van der Waals surface area (Å²) in [5.74, 6) is 0.0133. The van der Waals surface area contributed by atoms with E-state index in [-0.39, 0.29) is 24.8 Å². The summed E-state index contributed by atoms with van der Waals surface area (Å²) in [5.41, 5.74) is 3.19. The predicted molar refractivity (Wildman–Crippen MR) is 101 cm³/mol. The van der Waals surface area contributed by atoms with Crippen LogP contribution in [0.25, 0.3) is 0 Å². The van der Waals surface area contributed by atoms with Crippen LogP contribution in [-0.2, 0) is 5.54 Å². The van der Waals surface area contributed by atoms with Gasteiger partial charge in [0, 0.05) is 6.54 Å². The molecule has 2 nitrogen and oxygen atoms in total. The van der Waals surface area contributed by atoms with Crippen molar-refractivity contribution < 1.29 is 23.7 Å². The zero-order valence-electron chi connectivity index (χ0n) is 15.9. The van der Waals surface area contributed by atoms with Crippen LogP contribution in [0.5, 0.6) is 0 Å². The number of hydrogen-bond acceptors (Lipinski definition) is 1. The van der Waals surface area contributed by atoms with Gasteiger partial charge in [0.1, 0.15) is 0 Å². The Hall–Kier alpha value is -1.88. The molecule has 0 saturated heterocycles. The molecule has 0 fully saturated rings. The molecule has 126 valence electrons. The van der Waals surface area contributed by atoms with E-state index in [4.69, 9.17) is 0 Å². The van der Waals surface area contributed by atoms with Gasteiger partial charge in [0.2, 0.25) is 0 Å². The molecule has 0 spiro atoms. The van der Waals surface area contributed by atoms with Crippen molar-refractivity contribution in [1.29, 1.82) is 0 Å². The Labute approximate surface area is 164 Å². The summed E-state index contributed by atoms with van der Waals surface area (Å²) >= 11 is 0. The van der Waals surface area contributed by atoms with E-state index >= 15 is 0 Å². The standard InChI is InChI=1S/C22H26NO.Li/c1-6-7-15-23(22(4,5)19-11-9-8-10-12-19)21(24)20-16-17(2)13-14-18(20)3;/h6,8-14,16H,1,3,7,15H2,2,4-5H3;/q-1;+1. The van der Waals surface area contributed by atoms with Gasteiger partial charge in [-0.2, -0.15) is 18.6 Å².